The van der Waals surface area contributed by atoms with E-state index in [2.05, 4.69) is 26.0 Å². The molecule has 0 radical (unpaired) electrons. The quantitative estimate of drug-likeness (QED) is 0.347. The Bertz CT molecular complexity index is 836. The molecular weight excluding hydrogens is 376 g/mol. The van der Waals surface area contributed by atoms with Gasteiger partial charge in [-0.1, -0.05) is 58.9 Å². The number of nitrogens with two attached hydrogens (primary N) is 2. The molecule has 164 valence electrons. The minimum absolute atomic E-state index is 0.234. The lowest BCUT2D eigenvalue weighted by atomic mass is 9.78. The molecule has 0 amide bonds. The molecule has 0 aliphatic rings. The first-order chi connectivity index (χ1) is 14.0. The first kappa shape index (κ1) is 23.9. The zero-order chi connectivity index (χ0) is 22.6. The number of hydrogen-bond donors (Lipinski definition) is 2. The van der Waals surface area contributed by atoms with E-state index >= 15 is 0 Å². The molecule has 0 spiro atoms. The molecule has 2 rings (SSSR count). The second-order valence-corrected chi connectivity index (χ2v) is 8.71. The molecule has 30 heavy (non-hydrogen) atoms. The average Bonchev–Trinajstić information content (AvgIpc) is 2.74. The van der Waals surface area contributed by atoms with Crippen molar-refractivity contribution >= 4 is 5.97 Å². The summed E-state index contributed by atoms with van der Waals surface area (Å²) in [6.45, 7) is 11.9. The summed E-state index contributed by atoms with van der Waals surface area (Å²) in [5, 5.41) is 0. The fourth-order valence-corrected chi connectivity index (χ4v) is 3.04. The molecule has 2 aromatic rings. The van der Waals surface area contributed by atoms with E-state index in [4.69, 9.17) is 20.9 Å². The highest BCUT2D eigenvalue weighted by atomic mass is 16.5. The maximum Gasteiger partial charge on any atom is 0.331 e. The van der Waals surface area contributed by atoms with Crippen molar-refractivity contribution < 1.29 is 14.3 Å². The van der Waals surface area contributed by atoms with Crippen molar-refractivity contribution in [2.45, 2.75) is 77.5 Å². The van der Waals surface area contributed by atoms with Crippen LogP contribution in [0.15, 0.2) is 48.5 Å². The van der Waals surface area contributed by atoms with E-state index in [1.54, 1.807) is 6.92 Å². The van der Waals surface area contributed by atoms with Crippen molar-refractivity contribution in [3.63, 3.8) is 0 Å². The van der Waals surface area contributed by atoms with Crippen molar-refractivity contribution in [3.05, 3.63) is 59.7 Å². The van der Waals surface area contributed by atoms with Crippen LogP contribution in [0.2, 0.25) is 0 Å². The lowest BCUT2D eigenvalue weighted by Crippen LogP contribution is -2.46. The zero-order valence-corrected chi connectivity index (χ0v) is 19.1. The van der Waals surface area contributed by atoms with E-state index in [0.717, 1.165) is 29.7 Å². The summed E-state index contributed by atoms with van der Waals surface area (Å²) in [6, 6.07) is 15.6. The SMILES string of the molecule is CCC(N)(CC)Oc1ccc(C(C)(C)c2ccc(OC(=O)C(C)(N)CC)cc2)cc1. The van der Waals surface area contributed by atoms with Crippen LogP contribution in [0.1, 0.15) is 71.9 Å². The minimum atomic E-state index is -0.988. The highest BCUT2D eigenvalue weighted by Gasteiger charge is 2.29. The average molecular weight is 413 g/mol. The summed E-state index contributed by atoms with van der Waals surface area (Å²) in [5.41, 5.74) is 12.6. The van der Waals surface area contributed by atoms with E-state index in [0.29, 0.717) is 12.2 Å². The van der Waals surface area contributed by atoms with Crippen LogP contribution >= 0.6 is 0 Å². The predicted molar refractivity (Wildman–Crippen MR) is 122 cm³/mol. The van der Waals surface area contributed by atoms with E-state index < -0.39 is 17.2 Å². The molecule has 0 saturated carbocycles. The van der Waals surface area contributed by atoms with Gasteiger partial charge in [-0.05, 0) is 61.6 Å². The fraction of sp³-hybridized carbons (Fsp3) is 0.480. The molecule has 4 N–H and O–H groups in total. The normalized spacial score (nSPS) is 14.1. The Kier molecular flexibility index (Phi) is 7.32. The second-order valence-electron chi connectivity index (χ2n) is 8.71. The lowest BCUT2D eigenvalue weighted by Gasteiger charge is -2.29. The summed E-state index contributed by atoms with van der Waals surface area (Å²) in [7, 11) is 0. The van der Waals surface area contributed by atoms with Gasteiger partial charge in [0.1, 0.15) is 17.0 Å². The smallest absolute Gasteiger partial charge is 0.331 e. The van der Waals surface area contributed by atoms with Crippen LogP contribution in [-0.2, 0) is 10.2 Å². The summed E-state index contributed by atoms with van der Waals surface area (Å²) < 4.78 is 11.4. The van der Waals surface area contributed by atoms with E-state index in [-0.39, 0.29) is 5.41 Å². The highest BCUT2D eigenvalue weighted by molar-refractivity contribution is 5.82. The molecule has 1 unspecified atom stereocenters. The van der Waals surface area contributed by atoms with Gasteiger partial charge in [0.25, 0.3) is 0 Å². The fourth-order valence-electron chi connectivity index (χ4n) is 3.04. The van der Waals surface area contributed by atoms with Gasteiger partial charge in [-0.3, -0.25) is 5.73 Å². The number of carbonyl (C=O) groups is 1. The van der Waals surface area contributed by atoms with E-state index in [9.17, 15) is 4.79 Å². The third-order valence-corrected chi connectivity index (χ3v) is 6.08. The summed E-state index contributed by atoms with van der Waals surface area (Å²) >= 11 is 0. The van der Waals surface area contributed by atoms with Gasteiger partial charge < -0.3 is 15.2 Å². The maximum absolute atomic E-state index is 12.2. The molecule has 5 nitrogen and oxygen atoms in total. The Balaban J connectivity index is 2.16. The summed E-state index contributed by atoms with van der Waals surface area (Å²) in [5.74, 6) is 0.832. The Morgan fingerprint density at radius 3 is 1.60 bits per heavy atom. The van der Waals surface area contributed by atoms with Gasteiger partial charge in [-0.25, -0.2) is 4.79 Å². The van der Waals surface area contributed by atoms with Gasteiger partial charge in [0.15, 0.2) is 5.72 Å². The van der Waals surface area contributed by atoms with Crippen LogP contribution in [0, 0.1) is 0 Å². The molecule has 0 aliphatic heterocycles. The van der Waals surface area contributed by atoms with E-state index in [1.807, 2.05) is 57.2 Å². The summed E-state index contributed by atoms with van der Waals surface area (Å²) in [6.07, 6.45) is 2.00. The van der Waals surface area contributed by atoms with Crippen LogP contribution in [-0.4, -0.2) is 17.2 Å². The monoisotopic (exact) mass is 412 g/mol. The molecule has 1 atom stereocenters. The third-order valence-electron chi connectivity index (χ3n) is 6.08. The molecule has 0 aromatic heterocycles. The predicted octanol–water partition coefficient (Wildman–Crippen LogP) is 4.90. The zero-order valence-electron chi connectivity index (χ0n) is 19.1. The molecule has 0 heterocycles. The molecular formula is C25H36N2O3. The van der Waals surface area contributed by atoms with E-state index in [1.165, 1.54) is 0 Å². The van der Waals surface area contributed by atoms with Crippen molar-refractivity contribution in [3.8, 4) is 11.5 Å². The van der Waals surface area contributed by atoms with Gasteiger partial charge in [-0.2, -0.15) is 0 Å². The Morgan fingerprint density at radius 1 is 0.767 bits per heavy atom. The van der Waals surface area contributed by atoms with Gasteiger partial charge in [0.2, 0.25) is 0 Å². The van der Waals surface area contributed by atoms with Gasteiger partial charge in [-0.15, -0.1) is 0 Å². The number of esters is 1. The number of ether oxygens (including phenoxy) is 2. The standard InChI is InChI=1S/C25H36N2O3/c1-7-24(6,26)22(28)29-20-14-10-18(11-15-20)23(4,5)19-12-16-21(17-13-19)30-25(27,8-2)9-3/h10-17H,7-9,26-27H2,1-6H3. The third kappa shape index (κ3) is 5.41. The van der Waals surface area contributed by atoms with Gasteiger partial charge in [0.05, 0.1) is 0 Å². The lowest BCUT2D eigenvalue weighted by molar-refractivity contribution is -0.139. The van der Waals surface area contributed by atoms with Crippen molar-refractivity contribution in [2.75, 3.05) is 0 Å². The summed E-state index contributed by atoms with van der Waals surface area (Å²) in [4.78, 5) is 12.2. The van der Waals surface area contributed by atoms with Crippen LogP contribution in [0.5, 0.6) is 11.5 Å². The Hall–Kier alpha value is -2.37. The van der Waals surface area contributed by atoms with Crippen molar-refractivity contribution in [1.29, 1.82) is 0 Å². The maximum atomic E-state index is 12.2. The molecule has 5 heteroatoms. The highest BCUT2D eigenvalue weighted by Crippen LogP contribution is 2.34. The topological polar surface area (TPSA) is 87.6 Å². The minimum Gasteiger partial charge on any atom is -0.473 e. The molecule has 0 aliphatic carbocycles. The van der Waals surface area contributed by atoms with Crippen molar-refractivity contribution in [2.24, 2.45) is 11.5 Å². The first-order valence-corrected chi connectivity index (χ1v) is 10.7. The Morgan fingerprint density at radius 2 is 1.20 bits per heavy atom. The van der Waals surface area contributed by atoms with Crippen LogP contribution < -0.4 is 20.9 Å². The van der Waals surface area contributed by atoms with Crippen molar-refractivity contribution in [1.82, 2.24) is 0 Å². The van der Waals surface area contributed by atoms with Crippen LogP contribution in [0.3, 0.4) is 0 Å². The largest absolute Gasteiger partial charge is 0.473 e. The Labute approximate surface area is 180 Å². The van der Waals surface area contributed by atoms with Crippen LogP contribution in [0.4, 0.5) is 0 Å². The van der Waals surface area contributed by atoms with Gasteiger partial charge in [0, 0.05) is 5.41 Å². The first-order valence-electron chi connectivity index (χ1n) is 10.7. The molecule has 2 aromatic carbocycles. The molecule has 0 bridgehead atoms. The second kappa shape index (κ2) is 9.19. The number of carbonyl (C=O) groups excluding carboxylic acids is 1. The van der Waals surface area contributed by atoms with Gasteiger partial charge >= 0.3 is 5.97 Å². The molecule has 0 saturated heterocycles. The molecule has 0 fully saturated rings. The number of hydrogen-bond acceptors (Lipinski definition) is 5. The number of rotatable bonds is 9. The van der Waals surface area contributed by atoms with Crippen LogP contribution in [0.25, 0.3) is 0 Å². The number of benzene rings is 2.